The number of benzene rings is 1. The molecule has 0 fully saturated rings. The molecule has 0 spiro atoms. The fourth-order valence-electron chi connectivity index (χ4n) is 1.06. The smallest absolute Gasteiger partial charge is 0.0940 e. The van der Waals surface area contributed by atoms with E-state index in [1.807, 2.05) is 0 Å². The van der Waals surface area contributed by atoms with E-state index >= 15 is 0 Å². The zero-order valence-electron chi connectivity index (χ0n) is 7.74. The monoisotopic (exact) mass is 215 g/mol. The summed E-state index contributed by atoms with van der Waals surface area (Å²) < 4.78 is 0. The molecule has 0 aliphatic carbocycles. The third-order valence-electron chi connectivity index (χ3n) is 1.73. The van der Waals surface area contributed by atoms with Gasteiger partial charge in [0, 0.05) is 9.79 Å². The Bertz CT molecular complexity index is 278. The molecule has 2 nitrogen and oxygen atoms in total. The molecular formula is C9H13NOS2. The molecule has 0 amide bonds. The first kappa shape index (κ1) is 10.9. The molecule has 1 aromatic rings. The van der Waals surface area contributed by atoms with Crippen LogP contribution in [0.5, 0.6) is 0 Å². The van der Waals surface area contributed by atoms with Crippen LogP contribution in [-0.2, 0) is 11.4 Å². The van der Waals surface area contributed by atoms with Crippen LogP contribution in [0, 0.1) is 0 Å². The predicted molar refractivity (Wildman–Crippen MR) is 59.0 cm³/mol. The summed E-state index contributed by atoms with van der Waals surface area (Å²) in [6.07, 6.45) is 4.12. The van der Waals surface area contributed by atoms with Crippen LogP contribution < -0.4 is 5.90 Å². The third-order valence-corrected chi connectivity index (χ3v) is 3.28. The first-order valence-electron chi connectivity index (χ1n) is 3.84. The summed E-state index contributed by atoms with van der Waals surface area (Å²) >= 11 is 3.46. The Kier molecular flexibility index (Phi) is 4.66. The van der Waals surface area contributed by atoms with E-state index in [-0.39, 0.29) is 0 Å². The van der Waals surface area contributed by atoms with Crippen molar-refractivity contribution in [2.75, 3.05) is 12.5 Å². The van der Waals surface area contributed by atoms with E-state index in [0.717, 1.165) is 5.56 Å². The first-order chi connectivity index (χ1) is 6.31. The SMILES string of the molecule is CSc1ccc(CON)c(SC)c1. The molecule has 1 aromatic carbocycles. The highest BCUT2D eigenvalue weighted by Crippen LogP contribution is 2.26. The van der Waals surface area contributed by atoms with Crippen molar-refractivity contribution in [1.82, 2.24) is 0 Å². The minimum absolute atomic E-state index is 0.477. The Labute approximate surface area is 87.2 Å². The van der Waals surface area contributed by atoms with Gasteiger partial charge in [0.15, 0.2) is 0 Å². The van der Waals surface area contributed by atoms with Gasteiger partial charge < -0.3 is 0 Å². The molecule has 2 N–H and O–H groups in total. The van der Waals surface area contributed by atoms with Gasteiger partial charge in [-0.2, -0.15) is 0 Å². The molecule has 0 saturated heterocycles. The normalized spacial score (nSPS) is 10.4. The van der Waals surface area contributed by atoms with Crippen LogP contribution in [-0.4, -0.2) is 12.5 Å². The van der Waals surface area contributed by atoms with Crippen LogP contribution in [0.15, 0.2) is 28.0 Å². The van der Waals surface area contributed by atoms with Gasteiger partial charge in [-0.15, -0.1) is 23.5 Å². The standard InChI is InChI=1S/C9H13NOS2/c1-12-8-4-3-7(6-11-10)9(5-8)13-2/h3-5H,6,10H2,1-2H3. The van der Waals surface area contributed by atoms with Crippen molar-refractivity contribution in [3.8, 4) is 0 Å². The van der Waals surface area contributed by atoms with Gasteiger partial charge in [-0.3, -0.25) is 4.84 Å². The molecule has 0 unspecified atom stereocenters. The van der Waals surface area contributed by atoms with Gasteiger partial charge >= 0.3 is 0 Å². The van der Waals surface area contributed by atoms with E-state index in [1.54, 1.807) is 23.5 Å². The Balaban J connectivity index is 2.93. The molecule has 1 rings (SSSR count). The van der Waals surface area contributed by atoms with E-state index < -0.39 is 0 Å². The lowest BCUT2D eigenvalue weighted by Gasteiger charge is -2.07. The van der Waals surface area contributed by atoms with Crippen LogP contribution in [0.2, 0.25) is 0 Å². The van der Waals surface area contributed by atoms with Crippen molar-refractivity contribution in [1.29, 1.82) is 0 Å². The average Bonchev–Trinajstić information content (AvgIpc) is 2.19. The number of rotatable bonds is 4. The molecule has 0 heterocycles. The van der Waals surface area contributed by atoms with E-state index in [2.05, 4.69) is 35.5 Å². The number of nitrogens with two attached hydrogens (primary N) is 1. The van der Waals surface area contributed by atoms with Gasteiger partial charge in [0.2, 0.25) is 0 Å². The van der Waals surface area contributed by atoms with Gasteiger partial charge in [-0.1, -0.05) is 6.07 Å². The molecule has 0 radical (unpaired) electrons. The van der Waals surface area contributed by atoms with Crippen LogP contribution >= 0.6 is 23.5 Å². The fraction of sp³-hybridized carbons (Fsp3) is 0.333. The largest absolute Gasteiger partial charge is 0.300 e. The average molecular weight is 215 g/mol. The highest BCUT2D eigenvalue weighted by atomic mass is 32.2. The van der Waals surface area contributed by atoms with E-state index in [0.29, 0.717) is 6.61 Å². The highest BCUT2D eigenvalue weighted by molar-refractivity contribution is 7.99. The minimum atomic E-state index is 0.477. The molecule has 4 heteroatoms. The van der Waals surface area contributed by atoms with Gasteiger partial charge in [0.05, 0.1) is 6.61 Å². The van der Waals surface area contributed by atoms with E-state index in [9.17, 15) is 0 Å². The minimum Gasteiger partial charge on any atom is -0.300 e. The quantitative estimate of drug-likeness (QED) is 0.618. The molecule has 0 saturated carbocycles. The lowest BCUT2D eigenvalue weighted by atomic mass is 10.2. The van der Waals surface area contributed by atoms with Crippen molar-refractivity contribution in [2.45, 2.75) is 16.4 Å². The van der Waals surface area contributed by atoms with Gasteiger partial charge in [0.1, 0.15) is 0 Å². The zero-order chi connectivity index (χ0) is 9.68. The second-order valence-corrected chi connectivity index (χ2v) is 4.22. The summed E-state index contributed by atoms with van der Waals surface area (Å²) in [6, 6.07) is 6.30. The molecule has 0 bridgehead atoms. The van der Waals surface area contributed by atoms with E-state index in [1.165, 1.54) is 9.79 Å². The maximum Gasteiger partial charge on any atom is 0.0940 e. The van der Waals surface area contributed by atoms with Crippen molar-refractivity contribution in [3.05, 3.63) is 23.8 Å². The summed E-state index contributed by atoms with van der Waals surface area (Å²) in [6.45, 7) is 0.477. The maximum absolute atomic E-state index is 5.04. The van der Waals surface area contributed by atoms with Crippen LogP contribution in [0.3, 0.4) is 0 Å². The topological polar surface area (TPSA) is 35.2 Å². The van der Waals surface area contributed by atoms with Crippen LogP contribution in [0.1, 0.15) is 5.56 Å². The summed E-state index contributed by atoms with van der Waals surface area (Å²) in [5.41, 5.74) is 1.15. The molecule has 0 aliphatic heterocycles. The third kappa shape index (κ3) is 2.91. The van der Waals surface area contributed by atoms with Crippen molar-refractivity contribution in [3.63, 3.8) is 0 Å². The molecule has 13 heavy (non-hydrogen) atoms. The molecular weight excluding hydrogens is 202 g/mol. The van der Waals surface area contributed by atoms with Crippen molar-refractivity contribution in [2.24, 2.45) is 5.90 Å². The number of hydrogen-bond acceptors (Lipinski definition) is 4. The zero-order valence-corrected chi connectivity index (χ0v) is 9.37. The van der Waals surface area contributed by atoms with E-state index in [4.69, 9.17) is 5.90 Å². The number of hydrogen-bond donors (Lipinski definition) is 1. The van der Waals surface area contributed by atoms with Gasteiger partial charge in [-0.25, -0.2) is 5.90 Å². The Morgan fingerprint density at radius 3 is 2.62 bits per heavy atom. The predicted octanol–water partition coefficient (Wildman–Crippen LogP) is 2.52. The lowest BCUT2D eigenvalue weighted by molar-refractivity contribution is 0.122. The maximum atomic E-state index is 5.04. The fourth-order valence-corrected chi connectivity index (χ4v) is 2.21. The lowest BCUT2D eigenvalue weighted by Crippen LogP contribution is -2.00. The number of thioether (sulfide) groups is 2. The second kappa shape index (κ2) is 5.54. The summed E-state index contributed by atoms with van der Waals surface area (Å²) in [7, 11) is 0. The van der Waals surface area contributed by atoms with Gasteiger partial charge in [-0.05, 0) is 30.2 Å². The Hall–Kier alpha value is -0.160. The molecule has 0 atom stereocenters. The first-order valence-corrected chi connectivity index (χ1v) is 6.29. The second-order valence-electron chi connectivity index (χ2n) is 2.49. The summed E-state index contributed by atoms with van der Waals surface area (Å²) in [5.74, 6) is 5.04. The summed E-state index contributed by atoms with van der Waals surface area (Å²) in [4.78, 5) is 7.13. The molecule has 0 aromatic heterocycles. The Morgan fingerprint density at radius 1 is 1.31 bits per heavy atom. The van der Waals surface area contributed by atoms with Crippen LogP contribution in [0.25, 0.3) is 0 Å². The Morgan fingerprint density at radius 2 is 2.08 bits per heavy atom. The summed E-state index contributed by atoms with van der Waals surface area (Å²) in [5, 5.41) is 0. The van der Waals surface area contributed by atoms with Gasteiger partial charge in [0.25, 0.3) is 0 Å². The highest BCUT2D eigenvalue weighted by Gasteiger charge is 2.02. The van der Waals surface area contributed by atoms with Crippen molar-refractivity contribution < 1.29 is 4.84 Å². The van der Waals surface area contributed by atoms with Crippen LogP contribution in [0.4, 0.5) is 0 Å². The van der Waals surface area contributed by atoms with Crippen molar-refractivity contribution >= 4 is 23.5 Å². The molecule has 0 aliphatic rings. The molecule has 72 valence electrons.